The first-order valence-corrected chi connectivity index (χ1v) is 8.77. The Labute approximate surface area is 152 Å². The number of aryl methyl sites for hydroxylation is 2. The van der Waals surface area contributed by atoms with Crippen molar-refractivity contribution in [2.75, 3.05) is 0 Å². The minimum atomic E-state index is 0.662. The van der Waals surface area contributed by atoms with Crippen molar-refractivity contribution >= 4 is 40.4 Å². The van der Waals surface area contributed by atoms with Gasteiger partial charge in [-0.2, -0.15) is 0 Å². The first kappa shape index (κ1) is 16.6. The molecule has 1 aliphatic carbocycles. The summed E-state index contributed by atoms with van der Waals surface area (Å²) in [7, 11) is 0. The first-order valence-electron chi connectivity index (χ1n) is 7.64. The largest absolute Gasteiger partial charge is 0.103 e. The van der Waals surface area contributed by atoms with E-state index >= 15 is 0 Å². The number of halogens is 3. The predicted octanol–water partition coefficient (Wildman–Crippen LogP) is 6.95. The summed E-state index contributed by atoms with van der Waals surface area (Å²) in [4.78, 5) is 0. The summed E-state index contributed by atoms with van der Waals surface area (Å²) < 4.78 is 0. The second-order valence-electron chi connectivity index (χ2n) is 5.76. The van der Waals surface area contributed by atoms with Crippen molar-refractivity contribution in [1.29, 1.82) is 0 Å². The number of hydrogen-bond acceptors (Lipinski definition) is 0. The van der Waals surface area contributed by atoms with Gasteiger partial charge in [0.1, 0.15) is 0 Å². The summed E-state index contributed by atoms with van der Waals surface area (Å²) in [6.45, 7) is 3.82. The van der Waals surface area contributed by atoms with Crippen LogP contribution >= 0.6 is 34.8 Å². The molecule has 3 rings (SSSR count). The summed E-state index contributed by atoms with van der Waals surface area (Å²) in [6, 6.07) is 9.97. The van der Waals surface area contributed by atoms with Crippen LogP contribution in [0.4, 0.5) is 0 Å². The van der Waals surface area contributed by atoms with Crippen molar-refractivity contribution in [3.05, 3.63) is 86.4 Å². The second-order valence-corrected chi connectivity index (χ2v) is 7.01. The van der Waals surface area contributed by atoms with E-state index in [2.05, 4.69) is 24.8 Å². The van der Waals surface area contributed by atoms with E-state index in [1.54, 1.807) is 6.07 Å². The van der Waals surface area contributed by atoms with Gasteiger partial charge in [-0.1, -0.05) is 59.1 Å². The highest BCUT2D eigenvalue weighted by molar-refractivity contribution is 6.35. The van der Waals surface area contributed by atoms with Gasteiger partial charge in [-0.15, -0.1) is 6.58 Å². The fourth-order valence-electron chi connectivity index (χ4n) is 3.01. The van der Waals surface area contributed by atoms with E-state index in [-0.39, 0.29) is 0 Å². The Morgan fingerprint density at radius 2 is 1.70 bits per heavy atom. The van der Waals surface area contributed by atoms with Crippen LogP contribution in [0.25, 0.3) is 5.57 Å². The normalized spacial score (nSPS) is 12.9. The van der Waals surface area contributed by atoms with Crippen LogP contribution in [0.5, 0.6) is 0 Å². The molecule has 118 valence electrons. The summed E-state index contributed by atoms with van der Waals surface area (Å²) in [5, 5.41) is 2.20. The Bertz CT molecular complexity index is 788. The number of fused-ring (bicyclic) bond motifs is 1. The quantitative estimate of drug-likeness (QED) is 0.504. The van der Waals surface area contributed by atoms with Gasteiger partial charge in [0.2, 0.25) is 0 Å². The van der Waals surface area contributed by atoms with Gasteiger partial charge in [0, 0.05) is 15.1 Å². The van der Waals surface area contributed by atoms with Gasteiger partial charge in [-0.3, -0.25) is 0 Å². The zero-order valence-corrected chi connectivity index (χ0v) is 15.0. The Kier molecular flexibility index (Phi) is 5.16. The third-order valence-corrected chi connectivity index (χ3v) is 5.17. The molecule has 3 heteroatoms. The summed E-state index contributed by atoms with van der Waals surface area (Å²) in [6.07, 6.45) is 7.78. The summed E-state index contributed by atoms with van der Waals surface area (Å²) >= 11 is 18.7. The van der Waals surface area contributed by atoms with Crippen molar-refractivity contribution < 1.29 is 0 Å². The van der Waals surface area contributed by atoms with Crippen molar-refractivity contribution in [2.24, 2.45) is 0 Å². The van der Waals surface area contributed by atoms with E-state index in [0.717, 1.165) is 36.3 Å². The molecule has 0 N–H and O–H groups in total. The Hall–Kier alpha value is -1.21. The molecule has 0 saturated carbocycles. The lowest BCUT2D eigenvalue weighted by molar-refractivity contribution is 0.957. The zero-order valence-electron chi connectivity index (χ0n) is 12.7. The highest BCUT2D eigenvalue weighted by Crippen LogP contribution is 2.34. The molecule has 0 spiro atoms. The number of allylic oxidation sites excluding steroid dienone is 3. The summed E-state index contributed by atoms with van der Waals surface area (Å²) in [5.41, 5.74) is 6.21. The molecule has 0 aromatic heterocycles. The highest BCUT2D eigenvalue weighted by Gasteiger charge is 2.16. The number of rotatable bonds is 5. The SMILES string of the molecule is C=CCC1=CCc2cc(CCc3ccc(Cl)cc3Cl)c(Cl)cc21. The van der Waals surface area contributed by atoms with E-state index < -0.39 is 0 Å². The Balaban J connectivity index is 1.79. The van der Waals surface area contributed by atoms with Gasteiger partial charge in [-0.25, -0.2) is 0 Å². The standard InChI is InChI=1S/C20H17Cl3/c1-2-3-13-4-6-15-10-16(20(23)12-18(13)15)7-5-14-8-9-17(21)11-19(14)22/h2,4,8-12H,1,3,5-7H2. The molecule has 0 aliphatic heterocycles. The van der Waals surface area contributed by atoms with Gasteiger partial charge in [-0.05, 0) is 71.7 Å². The van der Waals surface area contributed by atoms with Gasteiger partial charge >= 0.3 is 0 Å². The minimum absolute atomic E-state index is 0.662. The Morgan fingerprint density at radius 3 is 2.43 bits per heavy atom. The fourth-order valence-corrected chi connectivity index (χ4v) is 3.78. The van der Waals surface area contributed by atoms with E-state index in [0.29, 0.717) is 10.0 Å². The molecular weight excluding hydrogens is 347 g/mol. The second kappa shape index (κ2) is 7.13. The molecular formula is C20H17Cl3. The van der Waals surface area contributed by atoms with Crippen LogP contribution in [0.15, 0.2) is 49.1 Å². The van der Waals surface area contributed by atoms with E-state index in [1.165, 1.54) is 22.3 Å². The lowest BCUT2D eigenvalue weighted by Gasteiger charge is -2.11. The fraction of sp³-hybridized carbons (Fsp3) is 0.200. The minimum Gasteiger partial charge on any atom is -0.103 e. The van der Waals surface area contributed by atoms with Crippen molar-refractivity contribution in [1.82, 2.24) is 0 Å². The van der Waals surface area contributed by atoms with Crippen molar-refractivity contribution in [3.8, 4) is 0 Å². The molecule has 0 amide bonds. The molecule has 23 heavy (non-hydrogen) atoms. The molecule has 0 nitrogen and oxygen atoms in total. The van der Waals surface area contributed by atoms with Gasteiger partial charge < -0.3 is 0 Å². The van der Waals surface area contributed by atoms with Gasteiger partial charge in [0.15, 0.2) is 0 Å². The van der Waals surface area contributed by atoms with Crippen LogP contribution in [0.1, 0.15) is 28.7 Å². The van der Waals surface area contributed by atoms with Crippen LogP contribution in [-0.4, -0.2) is 0 Å². The first-order chi connectivity index (χ1) is 11.1. The molecule has 1 aliphatic rings. The van der Waals surface area contributed by atoms with Crippen LogP contribution in [0.2, 0.25) is 15.1 Å². The Morgan fingerprint density at radius 1 is 0.957 bits per heavy atom. The van der Waals surface area contributed by atoms with E-state index in [9.17, 15) is 0 Å². The highest BCUT2D eigenvalue weighted by atomic mass is 35.5. The number of hydrogen-bond donors (Lipinski definition) is 0. The van der Waals surface area contributed by atoms with Crippen LogP contribution in [0.3, 0.4) is 0 Å². The van der Waals surface area contributed by atoms with Crippen molar-refractivity contribution in [3.63, 3.8) is 0 Å². The van der Waals surface area contributed by atoms with Crippen LogP contribution < -0.4 is 0 Å². The van der Waals surface area contributed by atoms with Crippen LogP contribution in [-0.2, 0) is 19.3 Å². The van der Waals surface area contributed by atoms with Gasteiger partial charge in [0.05, 0.1) is 0 Å². The van der Waals surface area contributed by atoms with Gasteiger partial charge in [0.25, 0.3) is 0 Å². The molecule has 2 aromatic carbocycles. The molecule has 0 unspecified atom stereocenters. The average molecular weight is 364 g/mol. The molecule has 0 fully saturated rings. The molecule has 0 heterocycles. The maximum atomic E-state index is 6.50. The smallest absolute Gasteiger partial charge is 0.0452 e. The molecule has 0 atom stereocenters. The van der Waals surface area contributed by atoms with Crippen LogP contribution in [0, 0.1) is 0 Å². The lowest BCUT2D eigenvalue weighted by Crippen LogP contribution is -1.96. The molecule has 0 bridgehead atoms. The lowest BCUT2D eigenvalue weighted by atomic mass is 9.97. The molecule has 0 radical (unpaired) electrons. The molecule has 2 aromatic rings. The maximum Gasteiger partial charge on any atom is 0.0452 e. The number of benzene rings is 2. The van der Waals surface area contributed by atoms with E-state index in [1.807, 2.05) is 18.2 Å². The third kappa shape index (κ3) is 3.66. The third-order valence-electron chi connectivity index (χ3n) is 4.23. The topological polar surface area (TPSA) is 0 Å². The predicted molar refractivity (Wildman–Crippen MR) is 102 cm³/mol. The molecule has 0 saturated heterocycles. The monoisotopic (exact) mass is 362 g/mol. The zero-order chi connectivity index (χ0) is 16.4. The van der Waals surface area contributed by atoms with Crippen molar-refractivity contribution in [2.45, 2.75) is 25.7 Å². The summed E-state index contributed by atoms with van der Waals surface area (Å²) in [5.74, 6) is 0. The maximum absolute atomic E-state index is 6.50. The average Bonchev–Trinajstić information content (AvgIpc) is 2.89. The van der Waals surface area contributed by atoms with E-state index in [4.69, 9.17) is 34.8 Å².